The number of nitrogens with one attached hydrogen (secondary N) is 1. The number of halogens is 1. The molecule has 1 rings (SSSR count). The van der Waals surface area contributed by atoms with Gasteiger partial charge in [0.15, 0.2) is 0 Å². The van der Waals surface area contributed by atoms with E-state index in [-0.39, 0.29) is 5.54 Å². The van der Waals surface area contributed by atoms with Crippen LogP contribution in [0.15, 0.2) is 18.5 Å². The molecular formula is C11H13ClN2. The van der Waals surface area contributed by atoms with Gasteiger partial charge in [-0.2, -0.15) is 0 Å². The van der Waals surface area contributed by atoms with Gasteiger partial charge in [-0.05, 0) is 25.5 Å². The summed E-state index contributed by atoms with van der Waals surface area (Å²) >= 11 is 5.94. The van der Waals surface area contributed by atoms with Crippen LogP contribution in [0.5, 0.6) is 0 Å². The Kier molecular flexibility index (Phi) is 3.51. The largest absolute Gasteiger partial charge is 0.297 e. The summed E-state index contributed by atoms with van der Waals surface area (Å²) in [4.78, 5) is 3.91. The van der Waals surface area contributed by atoms with Gasteiger partial charge in [-0.15, -0.1) is 6.42 Å². The van der Waals surface area contributed by atoms with Crippen LogP contribution in [0.4, 0.5) is 0 Å². The van der Waals surface area contributed by atoms with Crippen molar-refractivity contribution in [1.29, 1.82) is 0 Å². The van der Waals surface area contributed by atoms with Gasteiger partial charge in [0.2, 0.25) is 0 Å². The van der Waals surface area contributed by atoms with Gasteiger partial charge in [0.25, 0.3) is 0 Å². The van der Waals surface area contributed by atoms with Crippen molar-refractivity contribution in [3.05, 3.63) is 29.0 Å². The molecule has 0 aliphatic carbocycles. The predicted octanol–water partition coefficient (Wildman–Crippen LogP) is 2.24. The smallest absolute Gasteiger partial charge is 0.0743 e. The molecule has 0 aliphatic heterocycles. The number of terminal acetylenes is 1. The fraction of sp³-hybridized carbons (Fsp3) is 0.364. The molecule has 0 radical (unpaired) electrons. The van der Waals surface area contributed by atoms with Gasteiger partial charge in [-0.1, -0.05) is 17.5 Å². The van der Waals surface area contributed by atoms with Crippen molar-refractivity contribution in [3.8, 4) is 12.3 Å². The maximum atomic E-state index is 5.94. The molecule has 2 nitrogen and oxygen atoms in total. The summed E-state index contributed by atoms with van der Waals surface area (Å²) in [5.74, 6) is 2.66. The topological polar surface area (TPSA) is 24.9 Å². The molecule has 0 fully saturated rings. The molecule has 3 heteroatoms. The Hall–Kier alpha value is -1.04. The molecule has 14 heavy (non-hydrogen) atoms. The molecular weight excluding hydrogens is 196 g/mol. The summed E-state index contributed by atoms with van der Waals surface area (Å²) in [7, 11) is 0. The van der Waals surface area contributed by atoms with E-state index >= 15 is 0 Å². The molecule has 0 spiro atoms. The first-order chi connectivity index (χ1) is 6.55. The van der Waals surface area contributed by atoms with Gasteiger partial charge >= 0.3 is 0 Å². The van der Waals surface area contributed by atoms with Crippen LogP contribution in [0.1, 0.15) is 19.4 Å². The lowest BCUT2D eigenvalue weighted by Crippen LogP contribution is -2.36. The first-order valence-electron chi connectivity index (χ1n) is 4.36. The molecule has 1 N–H and O–H groups in total. The van der Waals surface area contributed by atoms with Gasteiger partial charge in [-0.25, -0.2) is 0 Å². The van der Waals surface area contributed by atoms with Crippen LogP contribution >= 0.6 is 11.6 Å². The van der Waals surface area contributed by atoms with Crippen LogP contribution in [0.2, 0.25) is 5.02 Å². The fourth-order valence-corrected chi connectivity index (χ4v) is 1.10. The molecule has 0 unspecified atom stereocenters. The van der Waals surface area contributed by atoms with Gasteiger partial charge in [0.1, 0.15) is 0 Å². The summed E-state index contributed by atoms with van der Waals surface area (Å²) in [6.45, 7) is 4.54. The summed E-state index contributed by atoms with van der Waals surface area (Å²) in [5, 5.41) is 3.88. The molecule has 0 aliphatic rings. The summed E-state index contributed by atoms with van der Waals surface area (Å²) < 4.78 is 0. The lowest BCUT2D eigenvalue weighted by atomic mass is 10.1. The van der Waals surface area contributed by atoms with Crippen LogP contribution in [-0.4, -0.2) is 10.5 Å². The number of hydrogen-bond acceptors (Lipinski definition) is 2. The van der Waals surface area contributed by atoms with Crippen LogP contribution < -0.4 is 5.32 Å². The van der Waals surface area contributed by atoms with Crippen molar-refractivity contribution in [2.45, 2.75) is 25.9 Å². The SMILES string of the molecule is C#CC(C)(C)NCc1ccncc1Cl. The number of aromatic nitrogens is 1. The van der Waals surface area contributed by atoms with Crippen molar-refractivity contribution in [2.75, 3.05) is 0 Å². The van der Waals surface area contributed by atoms with E-state index in [9.17, 15) is 0 Å². The quantitative estimate of drug-likeness (QED) is 0.771. The van der Waals surface area contributed by atoms with Crippen LogP contribution in [0, 0.1) is 12.3 Å². The molecule has 0 atom stereocenters. The first kappa shape index (κ1) is 11.0. The zero-order valence-corrected chi connectivity index (χ0v) is 9.10. The Morgan fingerprint density at radius 3 is 2.93 bits per heavy atom. The Bertz CT molecular complexity index is 353. The summed E-state index contributed by atoms with van der Waals surface area (Å²) in [6.07, 6.45) is 8.69. The molecule has 1 aromatic rings. The zero-order valence-electron chi connectivity index (χ0n) is 8.34. The Morgan fingerprint density at radius 2 is 2.36 bits per heavy atom. The molecule has 74 valence electrons. The average molecular weight is 209 g/mol. The highest BCUT2D eigenvalue weighted by atomic mass is 35.5. The normalized spacial score (nSPS) is 11.0. The predicted molar refractivity (Wildman–Crippen MR) is 59.0 cm³/mol. The summed E-state index contributed by atoms with van der Waals surface area (Å²) in [6, 6.07) is 1.88. The third-order valence-electron chi connectivity index (χ3n) is 1.94. The van der Waals surface area contributed by atoms with Gasteiger partial charge in [0, 0.05) is 18.9 Å². The van der Waals surface area contributed by atoms with Crippen LogP contribution in [-0.2, 0) is 6.54 Å². The molecule has 0 bridgehead atoms. The van der Waals surface area contributed by atoms with Gasteiger partial charge in [0.05, 0.1) is 10.6 Å². The van der Waals surface area contributed by atoms with E-state index in [0.29, 0.717) is 11.6 Å². The van der Waals surface area contributed by atoms with Crippen molar-refractivity contribution in [1.82, 2.24) is 10.3 Å². The summed E-state index contributed by atoms with van der Waals surface area (Å²) in [5.41, 5.74) is 0.692. The molecule has 0 aromatic carbocycles. The van der Waals surface area contributed by atoms with Crippen molar-refractivity contribution in [2.24, 2.45) is 0 Å². The van der Waals surface area contributed by atoms with E-state index in [1.165, 1.54) is 0 Å². The standard InChI is InChI=1S/C11H13ClN2/c1-4-11(2,3)14-7-9-5-6-13-8-10(9)12/h1,5-6,8,14H,7H2,2-3H3. The van der Waals surface area contributed by atoms with E-state index in [1.54, 1.807) is 12.4 Å². The third-order valence-corrected chi connectivity index (χ3v) is 2.28. The second kappa shape index (κ2) is 4.45. The van der Waals surface area contributed by atoms with Gasteiger partial charge < -0.3 is 0 Å². The minimum absolute atomic E-state index is 0.313. The van der Waals surface area contributed by atoms with Crippen LogP contribution in [0.3, 0.4) is 0 Å². The first-order valence-corrected chi connectivity index (χ1v) is 4.74. The second-order valence-corrected chi connectivity index (χ2v) is 4.00. The van der Waals surface area contributed by atoms with E-state index in [1.807, 2.05) is 19.9 Å². The zero-order chi connectivity index (χ0) is 10.6. The third kappa shape index (κ3) is 3.02. The minimum atomic E-state index is -0.313. The van der Waals surface area contributed by atoms with Crippen molar-refractivity contribution >= 4 is 11.6 Å². The lowest BCUT2D eigenvalue weighted by molar-refractivity contribution is 0.491. The molecule has 1 heterocycles. The molecule has 0 saturated heterocycles. The highest BCUT2D eigenvalue weighted by Crippen LogP contribution is 2.14. The number of pyridine rings is 1. The van der Waals surface area contributed by atoms with E-state index < -0.39 is 0 Å². The van der Waals surface area contributed by atoms with Gasteiger partial charge in [-0.3, -0.25) is 10.3 Å². The van der Waals surface area contributed by atoms with E-state index in [4.69, 9.17) is 18.0 Å². The van der Waals surface area contributed by atoms with Crippen LogP contribution in [0.25, 0.3) is 0 Å². The Labute approximate surface area is 89.7 Å². The lowest BCUT2D eigenvalue weighted by Gasteiger charge is -2.19. The number of hydrogen-bond donors (Lipinski definition) is 1. The van der Waals surface area contributed by atoms with E-state index in [2.05, 4.69) is 16.2 Å². The second-order valence-electron chi connectivity index (χ2n) is 3.59. The fourth-order valence-electron chi connectivity index (χ4n) is 0.915. The maximum Gasteiger partial charge on any atom is 0.0743 e. The molecule has 1 aromatic heterocycles. The number of rotatable bonds is 3. The Balaban J connectivity index is 2.64. The highest BCUT2D eigenvalue weighted by molar-refractivity contribution is 6.31. The van der Waals surface area contributed by atoms with Crippen molar-refractivity contribution < 1.29 is 0 Å². The molecule has 0 saturated carbocycles. The van der Waals surface area contributed by atoms with Crippen molar-refractivity contribution in [3.63, 3.8) is 0 Å². The highest BCUT2D eigenvalue weighted by Gasteiger charge is 2.12. The molecule has 0 amide bonds. The monoisotopic (exact) mass is 208 g/mol. The maximum absolute atomic E-state index is 5.94. The minimum Gasteiger partial charge on any atom is -0.297 e. The average Bonchev–Trinajstić information content (AvgIpc) is 2.17. The van der Waals surface area contributed by atoms with E-state index in [0.717, 1.165) is 5.56 Å². The Morgan fingerprint density at radius 1 is 1.64 bits per heavy atom. The number of nitrogens with zero attached hydrogens (tertiary/aromatic N) is 1.